The van der Waals surface area contributed by atoms with E-state index in [9.17, 15) is 9.59 Å². The van der Waals surface area contributed by atoms with Crippen molar-refractivity contribution in [2.45, 2.75) is 38.5 Å². The Hall–Kier alpha value is -2.04. The van der Waals surface area contributed by atoms with Crippen LogP contribution in [0.2, 0.25) is 0 Å². The molecule has 0 aliphatic carbocycles. The maximum atomic E-state index is 11.8. The summed E-state index contributed by atoms with van der Waals surface area (Å²) in [7, 11) is 0. The molecule has 0 fully saturated rings. The molecule has 0 spiro atoms. The quantitative estimate of drug-likeness (QED) is 0.718. The third-order valence-electron chi connectivity index (χ3n) is 3.51. The predicted molar refractivity (Wildman–Crippen MR) is 78.5 cm³/mol. The van der Waals surface area contributed by atoms with Gasteiger partial charge in [0.05, 0.1) is 13.0 Å². The molecule has 2 N–H and O–H groups in total. The zero-order valence-electron chi connectivity index (χ0n) is 12.1. The average Bonchev–Trinajstić information content (AvgIpc) is 2.89. The van der Waals surface area contributed by atoms with Crippen molar-refractivity contribution in [2.24, 2.45) is 0 Å². The lowest BCUT2D eigenvalue weighted by atomic mass is 10.1. The average molecular weight is 291 g/mol. The van der Waals surface area contributed by atoms with Gasteiger partial charge in [0.2, 0.25) is 5.91 Å². The molecule has 1 aromatic rings. The minimum Gasteiger partial charge on any atom is -0.493 e. The molecular formula is C16H21NO4. The van der Waals surface area contributed by atoms with E-state index in [0.29, 0.717) is 19.4 Å². The number of carboxylic acid groups (broad SMARTS) is 1. The molecule has 2 rings (SSSR count). The van der Waals surface area contributed by atoms with Crippen molar-refractivity contribution in [3.05, 3.63) is 29.3 Å². The second-order valence-corrected chi connectivity index (χ2v) is 5.27. The van der Waals surface area contributed by atoms with E-state index in [4.69, 9.17) is 9.84 Å². The predicted octanol–water partition coefficient (Wildman–Crippen LogP) is 1.93. The Balaban J connectivity index is 1.64. The Kier molecular flexibility index (Phi) is 5.60. The van der Waals surface area contributed by atoms with Crippen molar-refractivity contribution in [3.8, 4) is 5.75 Å². The van der Waals surface area contributed by atoms with Crippen molar-refractivity contribution >= 4 is 11.9 Å². The zero-order chi connectivity index (χ0) is 15.1. The van der Waals surface area contributed by atoms with Gasteiger partial charge in [-0.25, -0.2) is 0 Å². The number of aliphatic carboxylic acids is 1. The number of fused-ring (bicyclic) bond motifs is 1. The highest BCUT2D eigenvalue weighted by Crippen LogP contribution is 2.25. The molecule has 0 bridgehead atoms. The van der Waals surface area contributed by atoms with Gasteiger partial charge in [0.25, 0.3) is 0 Å². The highest BCUT2D eigenvalue weighted by atomic mass is 16.5. The molecule has 1 aliphatic rings. The number of ether oxygens (including phenoxy) is 1. The Labute approximate surface area is 124 Å². The summed E-state index contributed by atoms with van der Waals surface area (Å²) in [4.78, 5) is 22.2. The van der Waals surface area contributed by atoms with E-state index in [0.717, 1.165) is 37.2 Å². The molecule has 0 saturated carbocycles. The molecule has 1 aliphatic heterocycles. The van der Waals surface area contributed by atoms with Gasteiger partial charge in [0, 0.05) is 19.4 Å². The molecule has 0 unspecified atom stereocenters. The molecule has 1 amide bonds. The van der Waals surface area contributed by atoms with E-state index in [1.165, 1.54) is 5.56 Å². The largest absolute Gasteiger partial charge is 0.493 e. The first kappa shape index (κ1) is 15.4. The Morgan fingerprint density at radius 3 is 2.90 bits per heavy atom. The summed E-state index contributed by atoms with van der Waals surface area (Å²) in [6.07, 6.45) is 3.79. The number of carbonyl (C=O) groups is 2. The van der Waals surface area contributed by atoms with E-state index in [1.54, 1.807) is 0 Å². The van der Waals surface area contributed by atoms with Crippen LogP contribution < -0.4 is 10.1 Å². The lowest BCUT2D eigenvalue weighted by molar-refractivity contribution is -0.137. The molecule has 5 nitrogen and oxygen atoms in total. The number of rotatable bonds is 8. The molecule has 1 aromatic carbocycles. The van der Waals surface area contributed by atoms with Gasteiger partial charge in [0.1, 0.15) is 5.75 Å². The third kappa shape index (κ3) is 5.10. The minimum absolute atomic E-state index is 0.00657. The number of benzene rings is 1. The lowest BCUT2D eigenvalue weighted by Crippen LogP contribution is -2.26. The van der Waals surface area contributed by atoms with Crippen molar-refractivity contribution in [1.29, 1.82) is 0 Å². The van der Waals surface area contributed by atoms with Crippen LogP contribution in [0.5, 0.6) is 5.75 Å². The Bertz CT molecular complexity index is 513. The van der Waals surface area contributed by atoms with Gasteiger partial charge < -0.3 is 15.2 Å². The van der Waals surface area contributed by atoms with Crippen LogP contribution in [0.1, 0.15) is 36.8 Å². The minimum atomic E-state index is -0.764. The van der Waals surface area contributed by atoms with E-state index in [2.05, 4.69) is 5.32 Å². The molecule has 0 radical (unpaired) electrons. The van der Waals surface area contributed by atoms with Crippen LogP contribution in [0.25, 0.3) is 0 Å². The van der Waals surface area contributed by atoms with Crippen LogP contribution in [0, 0.1) is 0 Å². The highest BCUT2D eigenvalue weighted by molar-refractivity contribution is 5.78. The van der Waals surface area contributed by atoms with Crippen LogP contribution in [-0.2, 0) is 22.4 Å². The molecule has 1 heterocycles. The van der Waals surface area contributed by atoms with Crippen LogP contribution in [-0.4, -0.2) is 30.1 Å². The first-order valence-electron chi connectivity index (χ1n) is 7.38. The monoisotopic (exact) mass is 291 g/mol. The normalized spacial score (nSPS) is 12.6. The molecular weight excluding hydrogens is 270 g/mol. The summed E-state index contributed by atoms with van der Waals surface area (Å²) < 4.78 is 5.44. The van der Waals surface area contributed by atoms with Crippen molar-refractivity contribution in [3.63, 3.8) is 0 Å². The van der Waals surface area contributed by atoms with E-state index >= 15 is 0 Å². The maximum absolute atomic E-state index is 11.8. The molecule has 21 heavy (non-hydrogen) atoms. The smallest absolute Gasteiger partial charge is 0.303 e. The number of carbonyl (C=O) groups excluding carboxylic acids is 1. The number of nitrogens with one attached hydrogen (secondary N) is 1. The summed E-state index contributed by atoms with van der Waals surface area (Å²) in [5, 5.41) is 11.4. The van der Waals surface area contributed by atoms with Gasteiger partial charge >= 0.3 is 5.97 Å². The van der Waals surface area contributed by atoms with Gasteiger partial charge in [-0.15, -0.1) is 0 Å². The number of unbranched alkanes of at least 4 members (excludes halogenated alkanes) is 2. The van der Waals surface area contributed by atoms with Crippen molar-refractivity contribution < 1.29 is 19.4 Å². The fourth-order valence-corrected chi connectivity index (χ4v) is 2.40. The summed E-state index contributed by atoms with van der Waals surface area (Å²) in [6.45, 7) is 1.33. The summed E-state index contributed by atoms with van der Waals surface area (Å²) in [6, 6.07) is 5.89. The number of carboxylic acids is 1. The third-order valence-corrected chi connectivity index (χ3v) is 3.51. The fraction of sp³-hybridized carbons (Fsp3) is 0.500. The Morgan fingerprint density at radius 1 is 1.24 bits per heavy atom. The molecule has 114 valence electrons. The number of hydrogen-bond donors (Lipinski definition) is 2. The summed E-state index contributed by atoms with van der Waals surface area (Å²) >= 11 is 0. The van der Waals surface area contributed by atoms with Gasteiger partial charge in [-0.05, 0) is 30.0 Å². The van der Waals surface area contributed by atoms with Gasteiger partial charge in [0.15, 0.2) is 0 Å². The van der Waals surface area contributed by atoms with Gasteiger partial charge in [-0.2, -0.15) is 0 Å². The van der Waals surface area contributed by atoms with E-state index in [-0.39, 0.29) is 12.3 Å². The molecule has 0 aromatic heterocycles. The zero-order valence-corrected chi connectivity index (χ0v) is 12.1. The number of hydrogen-bond acceptors (Lipinski definition) is 3. The van der Waals surface area contributed by atoms with Crippen LogP contribution >= 0.6 is 0 Å². The van der Waals surface area contributed by atoms with E-state index in [1.807, 2.05) is 18.2 Å². The second kappa shape index (κ2) is 7.67. The van der Waals surface area contributed by atoms with Crippen LogP contribution in [0.3, 0.4) is 0 Å². The maximum Gasteiger partial charge on any atom is 0.303 e. The van der Waals surface area contributed by atoms with Crippen LogP contribution in [0.15, 0.2) is 18.2 Å². The van der Waals surface area contributed by atoms with Crippen LogP contribution in [0.4, 0.5) is 0 Å². The topological polar surface area (TPSA) is 75.6 Å². The second-order valence-electron chi connectivity index (χ2n) is 5.27. The molecule has 0 atom stereocenters. The SMILES string of the molecule is O=C(O)CCCCCNC(=O)Cc1ccc2c(c1)CCO2. The van der Waals surface area contributed by atoms with E-state index < -0.39 is 5.97 Å². The number of amides is 1. The Morgan fingerprint density at radius 2 is 2.10 bits per heavy atom. The first-order chi connectivity index (χ1) is 10.1. The fourth-order valence-electron chi connectivity index (χ4n) is 2.40. The highest BCUT2D eigenvalue weighted by Gasteiger charge is 2.13. The molecule has 0 saturated heterocycles. The van der Waals surface area contributed by atoms with Gasteiger partial charge in [-0.3, -0.25) is 9.59 Å². The summed E-state index contributed by atoms with van der Waals surface area (Å²) in [5.41, 5.74) is 2.18. The standard InChI is InChI=1S/C16H21NO4/c18-15(17-8-3-1-2-4-16(19)20)11-12-5-6-14-13(10-12)7-9-21-14/h5-6,10H,1-4,7-9,11H2,(H,17,18)(H,19,20). The van der Waals surface area contributed by atoms with Gasteiger partial charge in [-0.1, -0.05) is 18.6 Å². The van der Waals surface area contributed by atoms with Crippen molar-refractivity contribution in [1.82, 2.24) is 5.32 Å². The lowest BCUT2D eigenvalue weighted by Gasteiger charge is -2.06. The van der Waals surface area contributed by atoms with Crippen molar-refractivity contribution in [2.75, 3.05) is 13.2 Å². The first-order valence-corrected chi connectivity index (χ1v) is 7.38. The summed E-state index contributed by atoms with van der Waals surface area (Å²) in [5.74, 6) is 0.171. The molecule has 5 heteroatoms.